The van der Waals surface area contributed by atoms with Gasteiger partial charge in [0.05, 0.1) is 0 Å². The second-order valence-electron chi connectivity index (χ2n) is 4.68. The van der Waals surface area contributed by atoms with E-state index >= 15 is 0 Å². The van der Waals surface area contributed by atoms with Gasteiger partial charge in [-0.05, 0) is 19.8 Å². The number of nitrogens with one attached hydrogen (secondary N) is 2. The van der Waals surface area contributed by atoms with Crippen LogP contribution in [0.3, 0.4) is 0 Å². The number of hydrogen-bond donors (Lipinski definition) is 4. The number of carboxylic acid groups (broad SMARTS) is 2. The molecule has 2 atom stereocenters. The Morgan fingerprint density at radius 3 is 2.05 bits per heavy atom. The lowest BCUT2D eigenvalue weighted by atomic mass is 10.0. The highest BCUT2D eigenvalue weighted by molar-refractivity contribution is 5.90. The van der Waals surface area contributed by atoms with Crippen molar-refractivity contribution >= 4 is 23.8 Å². The van der Waals surface area contributed by atoms with Crippen molar-refractivity contribution in [3.05, 3.63) is 0 Å². The fourth-order valence-electron chi connectivity index (χ4n) is 1.76. The van der Waals surface area contributed by atoms with Crippen LogP contribution >= 0.6 is 0 Å². The summed E-state index contributed by atoms with van der Waals surface area (Å²) >= 11 is 0. The molecular formula is C11H16N2O6. The molecule has 8 heteroatoms. The van der Waals surface area contributed by atoms with Gasteiger partial charge in [0, 0.05) is 12.8 Å². The molecule has 19 heavy (non-hydrogen) atoms. The van der Waals surface area contributed by atoms with E-state index in [1.807, 2.05) is 0 Å². The molecular weight excluding hydrogens is 256 g/mol. The maximum Gasteiger partial charge on any atom is 0.329 e. The van der Waals surface area contributed by atoms with Crippen molar-refractivity contribution in [3.63, 3.8) is 0 Å². The minimum Gasteiger partial charge on any atom is -0.480 e. The van der Waals surface area contributed by atoms with Gasteiger partial charge < -0.3 is 20.8 Å². The highest BCUT2D eigenvalue weighted by Crippen LogP contribution is 2.18. The zero-order valence-corrected chi connectivity index (χ0v) is 10.4. The first-order chi connectivity index (χ1) is 8.74. The van der Waals surface area contributed by atoms with E-state index < -0.39 is 23.5 Å². The molecule has 4 N–H and O–H groups in total. The van der Waals surface area contributed by atoms with Crippen LogP contribution in [-0.4, -0.2) is 45.5 Å². The monoisotopic (exact) mass is 272 g/mol. The zero-order valence-electron chi connectivity index (χ0n) is 10.4. The molecule has 0 aliphatic carbocycles. The molecule has 2 aliphatic heterocycles. The van der Waals surface area contributed by atoms with Gasteiger partial charge in [-0.15, -0.1) is 0 Å². The first-order valence-corrected chi connectivity index (χ1v) is 5.81. The fourth-order valence-corrected chi connectivity index (χ4v) is 1.76. The minimum atomic E-state index is -1.02. The average Bonchev–Trinajstić information content (AvgIpc) is 2.87. The standard InChI is InChI=1S/C6H9NO3.C5H7NO3/c1-6(5(9)10)3-2-4(8)7-6;7-4-2-1-3(6-4)5(8)9/h2-3H2,1H3,(H,7,8)(H,9,10);3H,1-2H2,(H,6,7)(H,8,9)/t6-;/m1./s1. The van der Waals surface area contributed by atoms with E-state index in [2.05, 4.69) is 10.6 Å². The van der Waals surface area contributed by atoms with Gasteiger partial charge in [-0.25, -0.2) is 9.59 Å². The number of aliphatic carboxylic acids is 2. The molecule has 0 radical (unpaired) electrons. The normalized spacial score (nSPS) is 29.0. The van der Waals surface area contributed by atoms with Crippen LogP contribution in [0.5, 0.6) is 0 Å². The van der Waals surface area contributed by atoms with Crippen LogP contribution in [0.1, 0.15) is 32.6 Å². The van der Waals surface area contributed by atoms with Gasteiger partial charge >= 0.3 is 11.9 Å². The van der Waals surface area contributed by atoms with Crippen LogP contribution in [0.15, 0.2) is 0 Å². The van der Waals surface area contributed by atoms with E-state index in [9.17, 15) is 19.2 Å². The Kier molecular flexibility index (Phi) is 4.47. The van der Waals surface area contributed by atoms with Gasteiger partial charge in [0.25, 0.3) is 0 Å². The van der Waals surface area contributed by atoms with Crippen molar-refractivity contribution in [2.75, 3.05) is 0 Å². The molecule has 2 aliphatic rings. The molecule has 1 unspecified atom stereocenters. The first-order valence-electron chi connectivity index (χ1n) is 5.81. The van der Waals surface area contributed by atoms with E-state index in [-0.39, 0.29) is 11.8 Å². The van der Waals surface area contributed by atoms with Crippen molar-refractivity contribution in [2.24, 2.45) is 0 Å². The van der Waals surface area contributed by atoms with E-state index in [1.54, 1.807) is 0 Å². The van der Waals surface area contributed by atoms with Gasteiger partial charge in [-0.2, -0.15) is 0 Å². The van der Waals surface area contributed by atoms with Crippen molar-refractivity contribution < 1.29 is 29.4 Å². The van der Waals surface area contributed by atoms with Crippen molar-refractivity contribution in [1.29, 1.82) is 0 Å². The summed E-state index contributed by atoms with van der Waals surface area (Å²) in [6.07, 6.45) is 1.48. The number of carbonyl (C=O) groups excluding carboxylic acids is 2. The van der Waals surface area contributed by atoms with Gasteiger partial charge in [0.2, 0.25) is 11.8 Å². The summed E-state index contributed by atoms with van der Waals surface area (Å²) in [6.45, 7) is 1.51. The molecule has 0 bridgehead atoms. The van der Waals surface area contributed by atoms with E-state index in [4.69, 9.17) is 10.2 Å². The van der Waals surface area contributed by atoms with Crippen LogP contribution in [0.4, 0.5) is 0 Å². The van der Waals surface area contributed by atoms with Gasteiger partial charge in [-0.1, -0.05) is 0 Å². The largest absolute Gasteiger partial charge is 0.480 e. The molecule has 2 saturated heterocycles. The fraction of sp³-hybridized carbons (Fsp3) is 0.636. The highest BCUT2D eigenvalue weighted by atomic mass is 16.4. The molecule has 2 heterocycles. The molecule has 0 aromatic heterocycles. The van der Waals surface area contributed by atoms with Gasteiger partial charge in [0.15, 0.2) is 0 Å². The Labute approximate surface area is 109 Å². The number of amides is 2. The second kappa shape index (κ2) is 5.68. The van der Waals surface area contributed by atoms with Crippen LogP contribution in [-0.2, 0) is 19.2 Å². The summed E-state index contributed by atoms with van der Waals surface area (Å²) in [7, 11) is 0. The topological polar surface area (TPSA) is 133 Å². The Morgan fingerprint density at radius 2 is 1.84 bits per heavy atom. The Hall–Kier alpha value is -2.12. The lowest BCUT2D eigenvalue weighted by molar-refractivity contribution is -0.144. The predicted molar refractivity (Wildman–Crippen MR) is 62.2 cm³/mol. The summed E-state index contributed by atoms with van der Waals surface area (Å²) in [5.74, 6) is -2.24. The minimum absolute atomic E-state index is 0.164. The molecule has 106 valence electrons. The van der Waals surface area contributed by atoms with Gasteiger partial charge in [-0.3, -0.25) is 9.59 Å². The third kappa shape index (κ3) is 3.94. The SMILES string of the molecule is C[C@]1(C(=O)O)CCC(=O)N1.O=C1CCC(C(=O)O)N1. The third-order valence-electron chi connectivity index (χ3n) is 3.03. The van der Waals surface area contributed by atoms with E-state index in [1.165, 1.54) is 6.92 Å². The smallest absolute Gasteiger partial charge is 0.329 e. The molecule has 2 rings (SSSR count). The van der Waals surface area contributed by atoms with Crippen LogP contribution in [0, 0.1) is 0 Å². The average molecular weight is 272 g/mol. The maximum absolute atomic E-state index is 10.6. The van der Waals surface area contributed by atoms with Crippen LogP contribution in [0.2, 0.25) is 0 Å². The van der Waals surface area contributed by atoms with Crippen LogP contribution < -0.4 is 10.6 Å². The summed E-state index contributed by atoms with van der Waals surface area (Å²) in [5.41, 5.74) is -1.02. The lowest BCUT2D eigenvalue weighted by Crippen LogP contribution is -2.45. The Balaban J connectivity index is 0.000000191. The number of carbonyl (C=O) groups is 4. The predicted octanol–water partition coefficient (Wildman–Crippen LogP) is -0.911. The highest BCUT2D eigenvalue weighted by Gasteiger charge is 2.39. The quantitative estimate of drug-likeness (QED) is 0.514. The molecule has 0 aromatic carbocycles. The second-order valence-corrected chi connectivity index (χ2v) is 4.68. The van der Waals surface area contributed by atoms with Crippen molar-refractivity contribution in [2.45, 2.75) is 44.2 Å². The maximum atomic E-state index is 10.6. The Bertz CT molecular complexity index is 421. The summed E-state index contributed by atoms with van der Waals surface area (Å²) < 4.78 is 0. The summed E-state index contributed by atoms with van der Waals surface area (Å²) in [5, 5.41) is 21.6. The summed E-state index contributed by atoms with van der Waals surface area (Å²) in [4.78, 5) is 41.6. The number of carboxylic acids is 2. The molecule has 2 amide bonds. The van der Waals surface area contributed by atoms with Crippen LogP contribution in [0.25, 0.3) is 0 Å². The molecule has 0 spiro atoms. The summed E-state index contributed by atoms with van der Waals surface area (Å²) in [6, 6.07) is -0.641. The Morgan fingerprint density at radius 1 is 1.21 bits per heavy atom. The van der Waals surface area contributed by atoms with E-state index in [0.717, 1.165) is 0 Å². The zero-order chi connectivity index (χ0) is 14.6. The number of hydrogen-bond acceptors (Lipinski definition) is 4. The lowest BCUT2D eigenvalue weighted by Gasteiger charge is -2.16. The molecule has 2 fully saturated rings. The molecule has 0 aromatic rings. The third-order valence-corrected chi connectivity index (χ3v) is 3.03. The molecule has 8 nitrogen and oxygen atoms in total. The van der Waals surface area contributed by atoms with E-state index in [0.29, 0.717) is 25.7 Å². The first kappa shape index (κ1) is 14.9. The van der Waals surface area contributed by atoms with Crippen molar-refractivity contribution in [3.8, 4) is 0 Å². The molecule has 0 saturated carbocycles. The van der Waals surface area contributed by atoms with Gasteiger partial charge in [0.1, 0.15) is 11.6 Å². The number of rotatable bonds is 2. The van der Waals surface area contributed by atoms with Crippen molar-refractivity contribution in [1.82, 2.24) is 10.6 Å².